The summed E-state index contributed by atoms with van der Waals surface area (Å²) >= 11 is 0. The Hall–Kier alpha value is -2.64. The summed E-state index contributed by atoms with van der Waals surface area (Å²) in [5, 5.41) is 22.3. The van der Waals surface area contributed by atoms with Crippen LogP contribution >= 0.6 is 12.4 Å². The Morgan fingerprint density at radius 3 is 2.56 bits per heavy atom. The SMILES string of the molecule is CC(CNCC(=O)O)Cc1ccc(OCc2cccc([N+](=O)[O-])c2)cc1.Cl. The Bertz CT molecular complexity index is 752. The van der Waals surface area contributed by atoms with Gasteiger partial charge in [-0.25, -0.2) is 0 Å². The second-order valence-electron chi connectivity index (χ2n) is 6.19. The molecule has 0 radical (unpaired) electrons. The number of rotatable bonds is 10. The smallest absolute Gasteiger partial charge is 0.317 e. The second kappa shape index (κ2) is 11.2. The van der Waals surface area contributed by atoms with Crippen molar-refractivity contribution in [3.05, 3.63) is 69.8 Å². The average Bonchev–Trinajstić information content (AvgIpc) is 2.61. The van der Waals surface area contributed by atoms with Crippen LogP contribution in [0.2, 0.25) is 0 Å². The molecule has 0 aliphatic heterocycles. The number of nitrogens with zero attached hydrogens (tertiary/aromatic N) is 1. The molecule has 2 aromatic rings. The lowest BCUT2D eigenvalue weighted by Gasteiger charge is -2.12. The van der Waals surface area contributed by atoms with Gasteiger partial charge in [0.25, 0.3) is 5.69 Å². The highest BCUT2D eigenvalue weighted by Crippen LogP contribution is 2.18. The number of nitro groups is 1. The highest BCUT2D eigenvalue weighted by atomic mass is 35.5. The molecule has 2 N–H and O–H groups in total. The van der Waals surface area contributed by atoms with Gasteiger partial charge >= 0.3 is 5.97 Å². The van der Waals surface area contributed by atoms with Crippen molar-refractivity contribution in [3.63, 3.8) is 0 Å². The van der Waals surface area contributed by atoms with E-state index in [1.165, 1.54) is 12.1 Å². The lowest BCUT2D eigenvalue weighted by Crippen LogP contribution is -2.27. The van der Waals surface area contributed by atoms with E-state index in [-0.39, 0.29) is 31.2 Å². The Morgan fingerprint density at radius 1 is 1.22 bits per heavy atom. The van der Waals surface area contributed by atoms with Gasteiger partial charge < -0.3 is 15.2 Å². The molecule has 8 heteroatoms. The number of hydrogen-bond donors (Lipinski definition) is 2. The fraction of sp³-hybridized carbons (Fsp3) is 0.316. The maximum Gasteiger partial charge on any atom is 0.317 e. The molecule has 1 atom stereocenters. The van der Waals surface area contributed by atoms with E-state index < -0.39 is 10.9 Å². The van der Waals surface area contributed by atoms with Crippen molar-refractivity contribution in [2.75, 3.05) is 13.1 Å². The number of hydrogen-bond acceptors (Lipinski definition) is 5. The van der Waals surface area contributed by atoms with Gasteiger partial charge in [-0.15, -0.1) is 12.4 Å². The predicted molar refractivity (Wildman–Crippen MR) is 104 cm³/mol. The fourth-order valence-corrected chi connectivity index (χ4v) is 2.55. The third kappa shape index (κ3) is 8.06. The van der Waals surface area contributed by atoms with Crippen LogP contribution in [0, 0.1) is 16.0 Å². The third-order valence-corrected chi connectivity index (χ3v) is 3.80. The molecule has 0 amide bonds. The first-order chi connectivity index (χ1) is 12.4. The molecule has 27 heavy (non-hydrogen) atoms. The first kappa shape index (κ1) is 22.4. The molecule has 0 fully saturated rings. The number of halogens is 1. The minimum Gasteiger partial charge on any atom is -0.489 e. The Labute approximate surface area is 163 Å². The van der Waals surface area contributed by atoms with E-state index >= 15 is 0 Å². The maximum absolute atomic E-state index is 10.8. The largest absolute Gasteiger partial charge is 0.489 e. The molecule has 0 bridgehead atoms. The molecule has 2 rings (SSSR count). The lowest BCUT2D eigenvalue weighted by molar-refractivity contribution is -0.384. The summed E-state index contributed by atoms with van der Waals surface area (Å²) in [4.78, 5) is 20.8. The normalized spacial score (nSPS) is 11.3. The standard InChI is InChI=1S/C19H22N2O5.ClH/c1-14(11-20-12-19(22)23)9-15-5-7-18(8-6-15)26-13-16-3-2-4-17(10-16)21(24)25;/h2-8,10,14,20H,9,11-13H2,1H3,(H,22,23);1H. The molecule has 0 saturated heterocycles. The van der Waals surface area contributed by atoms with Gasteiger partial charge in [-0.1, -0.05) is 31.2 Å². The predicted octanol–water partition coefficient (Wildman–Crippen LogP) is 3.45. The summed E-state index contributed by atoms with van der Waals surface area (Å²) in [6, 6.07) is 14.0. The van der Waals surface area contributed by atoms with Gasteiger partial charge in [0, 0.05) is 12.1 Å². The van der Waals surface area contributed by atoms with E-state index in [0.29, 0.717) is 18.2 Å². The zero-order valence-electron chi connectivity index (χ0n) is 15.0. The van der Waals surface area contributed by atoms with E-state index in [4.69, 9.17) is 9.84 Å². The maximum atomic E-state index is 10.8. The molecular formula is C19H23ClN2O5. The number of carbonyl (C=O) groups is 1. The van der Waals surface area contributed by atoms with Gasteiger partial charge in [0.2, 0.25) is 0 Å². The molecule has 0 aliphatic rings. The van der Waals surface area contributed by atoms with Crippen LogP contribution in [-0.2, 0) is 17.8 Å². The summed E-state index contributed by atoms with van der Waals surface area (Å²) in [7, 11) is 0. The molecule has 146 valence electrons. The van der Waals surface area contributed by atoms with E-state index in [9.17, 15) is 14.9 Å². The van der Waals surface area contributed by atoms with E-state index in [0.717, 1.165) is 17.5 Å². The molecule has 7 nitrogen and oxygen atoms in total. The number of ether oxygens (including phenoxy) is 1. The minimum absolute atomic E-state index is 0. The summed E-state index contributed by atoms with van der Waals surface area (Å²) in [5.74, 6) is 0.144. The molecule has 0 aliphatic carbocycles. The summed E-state index contributed by atoms with van der Waals surface area (Å²) in [5.41, 5.74) is 1.92. The number of carboxylic acids is 1. The highest BCUT2D eigenvalue weighted by Gasteiger charge is 2.07. The first-order valence-electron chi connectivity index (χ1n) is 8.31. The van der Waals surface area contributed by atoms with Crippen LogP contribution in [0.1, 0.15) is 18.1 Å². The van der Waals surface area contributed by atoms with Gasteiger partial charge in [0.15, 0.2) is 0 Å². The number of nitrogens with one attached hydrogen (secondary N) is 1. The summed E-state index contributed by atoms with van der Waals surface area (Å²) in [6.07, 6.45) is 0.831. The Balaban J connectivity index is 0.00000364. The lowest BCUT2D eigenvalue weighted by atomic mass is 10.0. The minimum atomic E-state index is -0.859. The van der Waals surface area contributed by atoms with Crippen molar-refractivity contribution in [2.45, 2.75) is 20.0 Å². The topological polar surface area (TPSA) is 102 Å². The van der Waals surface area contributed by atoms with E-state index in [1.54, 1.807) is 12.1 Å². The van der Waals surface area contributed by atoms with Crippen molar-refractivity contribution in [2.24, 2.45) is 5.92 Å². The number of non-ortho nitro benzene ring substituents is 1. The van der Waals surface area contributed by atoms with Gasteiger partial charge in [0.1, 0.15) is 12.4 Å². The molecule has 0 heterocycles. The van der Waals surface area contributed by atoms with Crippen molar-refractivity contribution in [3.8, 4) is 5.75 Å². The van der Waals surface area contributed by atoms with Crippen LogP contribution in [-0.4, -0.2) is 29.1 Å². The van der Waals surface area contributed by atoms with E-state index in [1.807, 2.05) is 24.3 Å². The summed E-state index contributed by atoms with van der Waals surface area (Å²) < 4.78 is 5.68. The molecule has 2 aromatic carbocycles. The van der Waals surface area contributed by atoms with Crippen LogP contribution in [0.4, 0.5) is 5.69 Å². The monoisotopic (exact) mass is 394 g/mol. The Morgan fingerprint density at radius 2 is 1.93 bits per heavy atom. The van der Waals surface area contributed by atoms with Crippen LogP contribution in [0.25, 0.3) is 0 Å². The number of aliphatic carboxylic acids is 1. The molecule has 0 aromatic heterocycles. The van der Waals surface area contributed by atoms with Gasteiger partial charge in [-0.3, -0.25) is 14.9 Å². The third-order valence-electron chi connectivity index (χ3n) is 3.80. The second-order valence-corrected chi connectivity index (χ2v) is 6.19. The van der Waals surface area contributed by atoms with Gasteiger partial charge in [-0.05, 0) is 42.1 Å². The number of nitro benzene ring substituents is 1. The zero-order valence-corrected chi connectivity index (χ0v) is 15.8. The first-order valence-corrected chi connectivity index (χ1v) is 8.31. The molecule has 1 unspecified atom stereocenters. The van der Waals surface area contributed by atoms with Crippen LogP contribution in [0.5, 0.6) is 5.75 Å². The van der Waals surface area contributed by atoms with Crippen LogP contribution < -0.4 is 10.1 Å². The number of benzene rings is 2. The van der Waals surface area contributed by atoms with Crippen LogP contribution in [0.15, 0.2) is 48.5 Å². The quantitative estimate of drug-likeness (QED) is 0.472. The van der Waals surface area contributed by atoms with Gasteiger partial charge in [-0.2, -0.15) is 0 Å². The number of carboxylic acid groups (broad SMARTS) is 1. The highest BCUT2D eigenvalue weighted by molar-refractivity contribution is 5.85. The fourth-order valence-electron chi connectivity index (χ4n) is 2.55. The van der Waals surface area contributed by atoms with E-state index in [2.05, 4.69) is 12.2 Å². The molecule has 0 saturated carbocycles. The van der Waals surface area contributed by atoms with Gasteiger partial charge in [0.05, 0.1) is 11.5 Å². The molecular weight excluding hydrogens is 372 g/mol. The van der Waals surface area contributed by atoms with Crippen molar-refractivity contribution >= 4 is 24.1 Å². The molecule has 0 spiro atoms. The summed E-state index contributed by atoms with van der Waals surface area (Å²) in [6.45, 7) is 2.92. The van der Waals surface area contributed by atoms with Crippen molar-refractivity contribution in [1.82, 2.24) is 5.32 Å². The van der Waals surface area contributed by atoms with Crippen molar-refractivity contribution < 1.29 is 19.6 Å². The zero-order chi connectivity index (χ0) is 18.9. The average molecular weight is 395 g/mol. The van der Waals surface area contributed by atoms with Crippen molar-refractivity contribution in [1.29, 1.82) is 0 Å². The Kier molecular flexibility index (Phi) is 9.25. The van der Waals surface area contributed by atoms with Crippen LogP contribution in [0.3, 0.4) is 0 Å².